The molecular formula is C15H15N3O3. The predicted molar refractivity (Wildman–Crippen MR) is 74.1 cm³/mol. The van der Waals surface area contributed by atoms with E-state index >= 15 is 0 Å². The van der Waals surface area contributed by atoms with Gasteiger partial charge in [-0.2, -0.15) is 4.98 Å². The molecule has 0 atom stereocenters. The first-order chi connectivity index (χ1) is 10.2. The van der Waals surface area contributed by atoms with Crippen molar-refractivity contribution in [1.82, 2.24) is 10.1 Å². The normalized spacial score (nSPS) is 17.6. The molecule has 2 heterocycles. The third kappa shape index (κ3) is 2.26. The number of nitrogens with zero attached hydrogens (tertiary/aromatic N) is 3. The van der Waals surface area contributed by atoms with Crippen LogP contribution in [0.1, 0.15) is 36.0 Å². The van der Waals surface area contributed by atoms with Crippen LogP contribution in [-0.4, -0.2) is 22.7 Å². The quantitative estimate of drug-likeness (QED) is 0.864. The van der Waals surface area contributed by atoms with Crippen LogP contribution in [-0.2, 0) is 11.3 Å². The average molecular weight is 285 g/mol. The maximum atomic E-state index is 12.1. The van der Waals surface area contributed by atoms with Crippen LogP contribution in [0.5, 0.6) is 5.75 Å². The second-order valence-corrected chi connectivity index (χ2v) is 5.56. The summed E-state index contributed by atoms with van der Waals surface area (Å²) in [5.74, 6) is 2.29. The molecular weight excluding hydrogens is 270 g/mol. The first-order valence-corrected chi connectivity index (χ1v) is 7.07. The lowest BCUT2D eigenvalue weighted by atomic mass is 10.1. The van der Waals surface area contributed by atoms with E-state index in [1.807, 2.05) is 25.1 Å². The molecule has 108 valence electrons. The first kappa shape index (κ1) is 12.4. The molecule has 1 fully saturated rings. The van der Waals surface area contributed by atoms with Crippen LogP contribution < -0.4 is 9.64 Å². The summed E-state index contributed by atoms with van der Waals surface area (Å²) in [6, 6.07) is 5.78. The van der Waals surface area contributed by atoms with Crippen LogP contribution in [0.4, 0.5) is 5.69 Å². The van der Waals surface area contributed by atoms with Gasteiger partial charge in [0.2, 0.25) is 5.89 Å². The van der Waals surface area contributed by atoms with E-state index in [1.165, 1.54) is 0 Å². The van der Waals surface area contributed by atoms with Gasteiger partial charge in [-0.15, -0.1) is 0 Å². The largest absolute Gasteiger partial charge is 0.482 e. The van der Waals surface area contributed by atoms with Gasteiger partial charge in [-0.05, 0) is 37.5 Å². The van der Waals surface area contributed by atoms with Crippen LogP contribution >= 0.6 is 0 Å². The zero-order valence-electron chi connectivity index (χ0n) is 11.7. The van der Waals surface area contributed by atoms with Crippen molar-refractivity contribution in [3.05, 3.63) is 35.5 Å². The molecule has 1 saturated carbocycles. The number of rotatable bonds is 3. The van der Waals surface area contributed by atoms with Gasteiger partial charge in [0.15, 0.2) is 12.4 Å². The van der Waals surface area contributed by atoms with E-state index in [1.54, 1.807) is 4.90 Å². The summed E-state index contributed by atoms with van der Waals surface area (Å²) < 4.78 is 10.7. The summed E-state index contributed by atoms with van der Waals surface area (Å²) in [6.07, 6.45) is 2.25. The number of aromatic nitrogens is 2. The topological polar surface area (TPSA) is 68.5 Å². The highest BCUT2D eigenvalue weighted by molar-refractivity contribution is 5.97. The standard InChI is InChI=1S/C15H15N3O3/c1-9-2-5-12-11(6-9)18(14(19)8-20-12)7-13-16-15(17-21-13)10-3-4-10/h2,5-6,10H,3-4,7-8H2,1H3. The molecule has 1 aromatic carbocycles. The second-order valence-electron chi connectivity index (χ2n) is 5.56. The number of benzene rings is 1. The number of hydrogen-bond acceptors (Lipinski definition) is 5. The fourth-order valence-corrected chi connectivity index (χ4v) is 2.46. The third-order valence-corrected chi connectivity index (χ3v) is 3.78. The summed E-state index contributed by atoms with van der Waals surface area (Å²) in [5, 5.41) is 3.99. The van der Waals surface area contributed by atoms with Crippen molar-refractivity contribution in [2.75, 3.05) is 11.5 Å². The third-order valence-electron chi connectivity index (χ3n) is 3.78. The molecule has 0 bridgehead atoms. The van der Waals surface area contributed by atoms with E-state index in [9.17, 15) is 4.79 Å². The highest BCUT2D eigenvalue weighted by atomic mass is 16.5. The van der Waals surface area contributed by atoms with E-state index in [0.717, 1.165) is 29.9 Å². The van der Waals surface area contributed by atoms with Gasteiger partial charge in [-0.1, -0.05) is 11.2 Å². The molecule has 6 nitrogen and oxygen atoms in total. The summed E-state index contributed by atoms with van der Waals surface area (Å²) in [4.78, 5) is 18.2. The molecule has 2 aromatic rings. The van der Waals surface area contributed by atoms with Gasteiger partial charge < -0.3 is 9.26 Å². The number of carbonyl (C=O) groups excluding carboxylic acids is 1. The minimum absolute atomic E-state index is 0.0413. The van der Waals surface area contributed by atoms with Crippen molar-refractivity contribution in [3.8, 4) is 5.75 Å². The molecule has 0 unspecified atom stereocenters. The maximum Gasteiger partial charge on any atom is 0.265 e. The molecule has 6 heteroatoms. The molecule has 1 aromatic heterocycles. The van der Waals surface area contributed by atoms with Crippen molar-refractivity contribution in [2.24, 2.45) is 0 Å². The Kier molecular flexibility index (Phi) is 2.70. The van der Waals surface area contributed by atoms with Gasteiger partial charge in [0.1, 0.15) is 12.3 Å². The number of carbonyl (C=O) groups is 1. The Balaban J connectivity index is 1.63. The summed E-state index contributed by atoms with van der Waals surface area (Å²) in [5.41, 5.74) is 1.83. The van der Waals surface area contributed by atoms with Gasteiger partial charge >= 0.3 is 0 Å². The molecule has 0 spiro atoms. The van der Waals surface area contributed by atoms with Gasteiger partial charge in [0.25, 0.3) is 5.91 Å². The molecule has 1 aliphatic carbocycles. The fraction of sp³-hybridized carbons (Fsp3) is 0.400. The Morgan fingerprint density at radius 2 is 2.24 bits per heavy atom. The smallest absolute Gasteiger partial charge is 0.265 e. The molecule has 4 rings (SSSR count). The van der Waals surface area contributed by atoms with E-state index in [2.05, 4.69) is 10.1 Å². The SMILES string of the molecule is Cc1ccc2c(c1)N(Cc1nc(C3CC3)no1)C(=O)CO2. The van der Waals surface area contributed by atoms with Crippen molar-refractivity contribution < 1.29 is 14.1 Å². The van der Waals surface area contributed by atoms with Crippen LogP contribution in [0, 0.1) is 6.92 Å². The number of amides is 1. The highest BCUT2D eigenvalue weighted by Crippen LogP contribution is 2.38. The lowest BCUT2D eigenvalue weighted by molar-refractivity contribution is -0.121. The minimum atomic E-state index is -0.0979. The Hall–Kier alpha value is -2.37. The molecule has 0 saturated heterocycles. The Morgan fingerprint density at radius 3 is 3.05 bits per heavy atom. The van der Waals surface area contributed by atoms with Crippen LogP contribution in [0.2, 0.25) is 0 Å². The molecule has 1 aliphatic heterocycles. The molecule has 21 heavy (non-hydrogen) atoms. The van der Waals surface area contributed by atoms with Crippen molar-refractivity contribution in [2.45, 2.75) is 32.2 Å². The average Bonchev–Trinajstić information content (AvgIpc) is 3.22. The Labute approximate surface area is 121 Å². The molecule has 1 amide bonds. The first-order valence-electron chi connectivity index (χ1n) is 7.07. The van der Waals surface area contributed by atoms with Crippen LogP contribution in [0.15, 0.2) is 22.7 Å². The lowest BCUT2D eigenvalue weighted by Crippen LogP contribution is -2.38. The fourth-order valence-electron chi connectivity index (χ4n) is 2.46. The summed E-state index contributed by atoms with van der Waals surface area (Å²) >= 11 is 0. The lowest BCUT2D eigenvalue weighted by Gasteiger charge is -2.28. The maximum absolute atomic E-state index is 12.1. The predicted octanol–water partition coefficient (Wildman–Crippen LogP) is 2.18. The zero-order valence-corrected chi connectivity index (χ0v) is 11.7. The van der Waals surface area contributed by atoms with Crippen molar-refractivity contribution in [3.63, 3.8) is 0 Å². The molecule has 0 radical (unpaired) electrons. The molecule has 0 N–H and O–H groups in total. The number of aryl methyl sites for hydroxylation is 1. The number of fused-ring (bicyclic) bond motifs is 1. The minimum Gasteiger partial charge on any atom is -0.482 e. The van der Waals surface area contributed by atoms with Crippen molar-refractivity contribution in [1.29, 1.82) is 0 Å². The van der Waals surface area contributed by atoms with E-state index in [-0.39, 0.29) is 12.5 Å². The van der Waals surface area contributed by atoms with Gasteiger partial charge in [-0.3, -0.25) is 9.69 Å². The zero-order chi connectivity index (χ0) is 14.4. The Morgan fingerprint density at radius 1 is 1.38 bits per heavy atom. The monoisotopic (exact) mass is 285 g/mol. The van der Waals surface area contributed by atoms with E-state index < -0.39 is 0 Å². The number of anilines is 1. The van der Waals surface area contributed by atoms with Crippen LogP contribution in [0.25, 0.3) is 0 Å². The second kappa shape index (κ2) is 4.58. The summed E-state index contributed by atoms with van der Waals surface area (Å²) in [6.45, 7) is 2.31. The van der Waals surface area contributed by atoms with E-state index in [0.29, 0.717) is 24.1 Å². The van der Waals surface area contributed by atoms with E-state index in [4.69, 9.17) is 9.26 Å². The Bertz CT molecular complexity index is 706. The van der Waals surface area contributed by atoms with Gasteiger partial charge in [0, 0.05) is 5.92 Å². The van der Waals surface area contributed by atoms with Gasteiger partial charge in [0.05, 0.1) is 5.69 Å². The number of hydrogen-bond donors (Lipinski definition) is 0. The van der Waals surface area contributed by atoms with Gasteiger partial charge in [-0.25, -0.2) is 0 Å². The van der Waals surface area contributed by atoms with Crippen LogP contribution in [0.3, 0.4) is 0 Å². The highest BCUT2D eigenvalue weighted by Gasteiger charge is 2.31. The van der Waals surface area contributed by atoms with Crippen molar-refractivity contribution >= 4 is 11.6 Å². The number of ether oxygens (including phenoxy) is 1. The summed E-state index contributed by atoms with van der Waals surface area (Å²) in [7, 11) is 0. The molecule has 2 aliphatic rings.